The summed E-state index contributed by atoms with van der Waals surface area (Å²) in [6.07, 6.45) is 4.24. The highest BCUT2D eigenvalue weighted by atomic mass is 79.9. The Labute approximate surface area is 113 Å². The molecule has 0 fully saturated rings. The number of pyridine rings is 1. The monoisotopic (exact) mass is 307 g/mol. The zero-order valence-electron chi connectivity index (χ0n) is 9.57. The van der Waals surface area contributed by atoms with Crippen LogP contribution in [0.1, 0.15) is 22.3 Å². The number of aryl methyl sites for hydroxylation is 1. The molecule has 2 aromatic rings. The lowest BCUT2D eigenvalue weighted by atomic mass is 10.0. The summed E-state index contributed by atoms with van der Waals surface area (Å²) in [7, 11) is 0. The molecular weight excluding hydrogens is 297 g/mol. The van der Waals surface area contributed by atoms with E-state index in [2.05, 4.69) is 20.9 Å². The normalized spacial score (nSPS) is 10.3. The van der Waals surface area contributed by atoms with E-state index in [4.69, 9.17) is 0 Å². The Morgan fingerprint density at radius 3 is 2.67 bits per heavy atom. The Balaban J connectivity index is 2.06. The number of hydrogen-bond donors (Lipinski definition) is 0. The molecule has 2 nitrogen and oxygen atoms in total. The summed E-state index contributed by atoms with van der Waals surface area (Å²) in [5.41, 5.74) is 1.16. The fraction of sp³-hybridized carbons (Fsp3) is 0.143. The average Bonchev–Trinajstić information content (AvgIpc) is 2.40. The Hall–Kier alpha value is -1.55. The van der Waals surface area contributed by atoms with Gasteiger partial charge in [0.25, 0.3) is 0 Å². The van der Waals surface area contributed by atoms with Gasteiger partial charge in [-0.3, -0.25) is 9.78 Å². The van der Waals surface area contributed by atoms with Crippen molar-refractivity contribution in [3.8, 4) is 0 Å². The SMILES string of the molecule is O=C(CCc1ccncc1)c1cc(Br)ccc1F. The third-order valence-electron chi connectivity index (χ3n) is 2.62. The lowest BCUT2D eigenvalue weighted by Gasteiger charge is -2.03. The molecule has 0 aliphatic heterocycles. The molecule has 1 aromatic heterocycles. The van der Waals surface area contributed by atoms with Gasteiger partial charge in [0.05, 0.1) is 5.56 Å². The van der Waals surface area contributed by atoms with E-state index in [1.165, 1.54) is 12.1 Å². The van der Waals surface area contributed by atoms with Crippen molar-refractivity contribution in [1.29, 1.82) is 0 Å². The topological polar surface area (TPSA) is 30.0 Å². The first-order valence-electron chi connectivity index (χ1n) is 5.54. The molecule has 4 heteroatoms. The molecular formula is C14H11BrFNO. The van der Waals surface area contributed by atoms with Gasteiger partial charge in [0.15, 0.2) is 5.78 Å². The van der Waals surface area contributed by atoms with Gasteiger partial charge in [-0.15, -0.1) is 0 Å². The first kappa shape index (κ1) is 12.9. The van der Waals surface area contributed by atoms with Gasteiger partial charge in [-0.25, -0.2) is 4.39 Å². The van der Waals surface area contributed by atoms with E-state index < -0.39 is 5.82 Å². The van der Waals surface area contributed by atoms with E-state index in [1.54, 1.807) is 18.5 Å². The summed E-state index contributed by atoms with van der Waals surface area (Å²) in [5, 5.41) is 0. The van der Waals surface area contributed by atoms with Gasteiger partial charge in [-0.1, -0.05) is 15.9 Å². The number of hydrogen-bond acceptors (Lipinski definition) is 2. The van der Waals surface area contributed by atoms with Crippen molar-refractivity contribution >= 4 is 21.7 Å². The van der Waals surface area contributed by atoms with Gasteiger partial charge in [0.1, 0.15) is 5.82 Å². The van der Waals surface area contributed by atoms with Crippen LogP contribution in [0.4, 0.5) is 4.39 Å². The smallest absolute Gasteiger partial charge is 0.166 e. The van der Waals surface area contributed by atoms with Crippen molar-refractivity contribution in [3.05, 3.63) is 64.1 Å². The number of carbonyl (C=O) groups excluding carboxylic acids is 1. The van der Waals surface area contributed by atoms with E-state index in [-0.39, 0.29) is 17.8 Å². The molecule has 92 valence electrons. The highest BCUT2D eigenvalue weighted by Gasteiger charge is 2.12. The molecule has 0 atom stereocenters. The van der Waals surface area contributed by atoms with Crippen molar-refractivity contribution in [2.24, 2.45) is 0 Å². The van der Waals surface area contributed by atoms with Crippen LogP contribution in [-0.4, -0.2) is 10.8 Å². The van der Waals surface area contributed by atoms with Gasteiger partial charge < -0.3 is 0 Å². The molecule has 0 aliphatic carbocycles. The van der Waals surface area contributed by atoms with E-state index in [0.29, 0.717) is 10.9 Å². The third kappa shape index (κ3) is 3.23. The zero-order chi connectivity index (χ0) is 13.0. The van der Waals surface area contributed by atoms with Crippen LogP contribution < -0.4 is 0 Å². The minimum Gasteiger partial charge on any atom is -0.294 e. The summed E-state index contributed by atoms with van der Waals surface area (Å²) in [4.78, 5) is 15.8. The lowest BCUT2D eigenvalue weighted by molar-refractivity contribution is 0.0979. The Kier molecular flexibility index (Phi) is 4.20. The third-order valence-corrected chi connectivity index (χ3v) is 3.11. The second-order valence-corrected chi connectivity index (χ2v) is 4.82. The minimum absolute atomic E-state index is 0.137. The number of Topliss-reactive ketones (excluding diaryl/α,β-unsaturated/α-hetero) is 1. The van der Waals surface area contributed by atoms with E-state index in [9.17, 15) is 9.18 Å². The largest absolute Gasteiger partial charge is 0.294 e. The van der Waals surface area contributed by atoms with E-state index in [1.807, 2.05) is 12.1 Å². The number of nitrogens with zero attached hydrogens (tertiary/aromatic N) is 1. The highest BCUT2D eigenvalue weighted by molar-refractivity contribution is 9.10. The van der Waals surface area contributed by atoms with Crippen LogP contribution in [-0.2, 0) is 6.42 Å². The maximum atomic E-state index is 13.5. The van der Waals surface area contributed by atoms with Crippen LogP contribution in [0.25, 0.3) is 0 Å². The summed E-state index contributed by atoms with van der Waals surface area (Å²) >= 11 is 3.23. The standard InChI is InChI=1S/C14H11BrFNO/c15-11-2-3-13(16)12(9-11)14(18)4-1-10-5-7-17-8-6-10/h2-3,5-9H,1,4H2. The molecule has 1 heterocycles. The molecule has 18 heavy (non-hydrogen) atoms. The number of aromatic nitrogens is 1. The molecule has 0 amide bonds. The fourth-order valence-electron chi connectivity index (χ4n) is 1.65. The van der Waals surface area contributed by atoms with Crippen LogP contribution in [0.3, 0.4) is 0 Å². The number of benzene rings is 1. The summed E-state index contributed by atoms with van der Waals surface area (Å²) in [5.74, 6) is -0.663. The van der Waals surface area contributed by atoms with Crippen LogP contribution in [0.5, 0.6) is 0 Å². The maximum Gasteiger partial charge on any atom is 0.166 e. The first-order chi connectivity index (χ1) is 8.66. The van der Waals surface area contributed by atoms with Crippen LogP contribution >= 0.6 is 15.9 Å². The zero-order valence-corrected chi connectivity index (χ0v) is 11.2. The van der Waals surface area contributed by atoms with Gasteiger partial charge in [-0.05, 0) is 42.3 Å². The second kappa shape index (κ2) is 5.87. The van der Waals surface area contributed by atoms with Crippen LogP contribution in [0.2, 0.25) is 0 Å². The van der Waals surface area contributed by atoms with Gasteiger partial charge in [-0.2, -0.15) is 0 Å². The fourth-order valence-corrected chi connectivity index (χ4v) is 2.01. The molecule has 0 bridgehead atoms. The molecule has 2 rings (SSSR count). The lowest BCUT2D eigenvalue weighted by Crippen LogP contribution is -2.04. The Bertz CT molecular complexity index is 557. The van der Waals surface area contributed by atoms with Gasteiger partial charge in [0.2, 0.25) is 0 Å². The van der Waals surface area contributed by atoms with Crippen molar-refractivity contribution < 1.29 is 9.18 Å². The van der Waals surface area contributed by atoms with Crippen LogP contribution in [0, 0.1) is 5.82 Å². The molecule has 0 aliphatic rings. The number of ketones is 1. The molecule has 1 aromatic carbocycles. The van der Waals surface area contributed by atoms with Crippen molar-refractivity contribution in [2.75, 3.05) is 0 Å². The van der Waals surface area contributed by atoms with Crippen molar-refractivity contribution in [2.45, 2.75) is 12.8 Å². The summed E-state index contributed by atoms with van der Waals surface area (Å²) in [6, 6.07) is 8.10. The molecule has 0 N–H and O–H groups in total. The van der Waals surface area contributed by atoms with E-state index in [0.717, 1.165) is 5.56 Å². The number of halogens is 2. The Morgan fingerprint density at radius 1 is 1.22 bits per heavy atom. The molecule has 0 spiro atoms. The second-order valence-electron chi connectivity index (χ2n) is 3.90. The minimum atomic E-state index is -0.474. The van der Waals surface area contributed by atoms with Crippen molar-refractivity contribution in [1.82, 2.24) is 4.98 Å². The predicted molar refractivity (Wildman–Crippen MR) is 71.0 cm³/mol. The predicted octanol–water partition coefficient (Wildman–Crippen LogP) is 3.80. The summed E-state index contributed by atoms with van der Waals surface area (Å²) < 4.78 is 14.2. The number of carbonyl (C=O) groups is 1. The average molecular weight is 308 g/mol. The van der Waals surface area contributed by atoms with Crippen molar-refractivity contribution in [3.63, 3.8) is 0 Å². The molecule has 0 unspecified atom stereocenters. The molecule has 0 radical (unpaired) electrons. The molecule has 0 saturated heterocycles. The van der Waals surface area contributed by atoms with Gasteiger partial charge in [0, 0.05) is 23.3 Å². The summed E-state index contributed by atoms with van der Waals surface area (Å²) in [6.45, 7) is 0. The number of rotatable bonds is 4. The maximum absolute atomic E-state index is 13.5. The highest BCUT2D eigenvalue weighted by Crippen LogP contribution is 2.17. The Morgan fingerprint density at radius 2 is 1.94 bits per heavy atom. The first-order valence-corrected chi connectivity index (χ1v) is 6.33. The quantitative estimate of drug-likeness (QED) is 0.804. The molecule has 0 saturated carbocycles. The van der Waals surface area contributed by atoms with E-state index >= 15 is 0 Å². The van der Waals surface area contributed by atoms with Crippen LogP contribution in [0.15, 0.2) is 47.2 Å². The van der Waals surface area contributed by atoms with Gasteiger partial charge >= 0.3 is 0 Å².